The van der Waals surface area contributed by atoms with Gasteiger partial charge in [0.25, 0.3) is 5.91 Å². The highest BCUT2D eigenvalue weighted by Crippen LogP contribution is 2.33. The zero-order valence-corrected chi connectivity index (χ0v) is 18.8. The predicted molar refractivity (Wildman–Crippen MR) is 126 cm³/mol. The molecule has 8 heteroatoms. The fraction of sp³-hybridized carbons (Fsp3) is 0.231. The van der Waals surface area contributed by atoms with Crippen LogP contribution in [-0.4, -0.2) is 48.8 Å². The van der Waals surface area contributed by atoms with E-state index in [0.29, 0.717) is 24.5 Å². The number of amides is 1. The van der Waals surface area contributed by atoms with Crippen LogP contribution in [0.3, 0.4) is 0 Å². The molecule has 0 saturated carbocycles. The van der Waals surface area contributed by atoms with Gasteiger partial charge in [0.15, 0.2) is 0 Å². The van der Waals surface area contributed by atoms with Crippen molar-refractivity contribution in [1.29, 1.82) is 0 Å². The highest BCUT2D eigenvalue weighted by atomic mass is 16.5. The summed E-state index contributed by atoms with van der Waals surface area (Å²) in [6.07, 6.45) is 11.6. The number of carbonyl (C=O) groups excluding carboxylic acids is 1. The van der Waals surface area contributed by atoms with Gasteiger partial charge in [-0.15, -0.1) is 0 Å². The van der Waals surface area contributed by atoms with Gasteiger partial charge in [0.05, 0.1) is 11.3 Å². The Kier molecular flexibility index (Phi) is 6.20. The minimum atomic E-state index is -0.0432. The second kappa shape index (κ2) is 9.74. The molecule has 1 fully saturated rings. The second-order valence-electron chi connectivity index (χ2n) is 8.26. The third-order valence-corrected chi connectivity index (χ3v) is 5.95. The van der Waals surface area contributed by atoms with E-state index in [0.717, 1.165) is 41.1 Å². The average molecular weight is 453 g/mol. The summed E-state index contributed by atoms with van der Waals surface area (Å²) in [5.74, 6) is 1.24. The number of pyridine rings is 1. The van der Waals surface area contributed by atoms with Crippen molar-refractivity contribution in [3.05, 3.63) is 90.5 Å². The van der Waals surface area contributed by atoms with E-state index in [9.17, 15) is 4.79 Å². The molecule has 3 aromatic heterocycles. The van der Waals surface area contributed by atoms with Gasteiger partial charge in [-0.25, -0.2) is 15.0 Å². The van der Waals surface area contributed by atoms with Crippen LogP contribution in [0.1, 0.15) is 40.4 Å². The van der Waals surface area contributed by atoms with Crippen molar-refractivity contribution in [2.24, 2.45) is 0 Å². The van der Waals surface area contributed by atoms with E-state index < -0.39 is 0 Å². The lowest BCUT2D eigenvalue weighted by atomic mass is 9.94. The molecular formula is C26H24N6O2. The number of likely N-dealkylation sites (tertiary alicyclic amines) is 1. The molecular weight excluding hydrogens is 428 g/mol. The Balaban J connectivity index is 1.33. The van der Waals surface area contributed by atoms with Crippen LogP contribution in [0.5, 0.6) is 11.6 Å². The van der Waals surface area contributed by atoms with Gasteiger partial charge in [-0.2, -0.15) is 0 Å². The Morgan fingerprint density at radius 3 is 2.62 bits per heavy atom. The average Bonchev–Trinajstić information content (AvgIpc) is 2.90. The number of rotatable bonds is 5. The lowest BCUT2D eigenvalue weighted by molar-refractivity contribution is 0.0704. The van der Waals surface area contributed by atoms with Crippen molar-refractivity contribution in [2.75, 3.05) is 13.1 Å². The van der Waals surface area contributed by atoms with Gasteiger partial charge in [-0.05, 0) is 43.5 Å². The quantitative estimate of drug-likeness (QED) is 0.442. The van der Waals surface area contributed by atoms with Crippen LogP contribution >= 0.6 is 0 Å². The van der Waals surface area contributed by atoms with Gasteiger partial charge in [0.2, 0.25) is 5.88 Å². The number of para-hydroxylation sites is 1. The van der Waals surface area contributed by atoms with Gasteiger partial charge in [-0.1, -0.05) is 18.2 Å². The van der Waals surface area contributed by atoms with Crippen LogP contribution in [0, 0.1) is 6.92 Å². The first-order valence-electron chi connectivity index (χ1n) is 11.2. The standard InChI is InChI=1S/C26H24N6O2/c1-18-5-2-3-7-23(18)34-25-24(29-10-11-30-25)20-6-4-12-32(16-20)26(33)19-8-9-22(31-15-19)21-13-27-17-28-14-21/h2-3,5,7-11,13-15,17,20H,4,6,12,16H2,1H3/t20-/m0/s1. The van der Waals surface area contributed by atoms with Gasteiger partial charge >= 0.3 is 0 Å². The molecule has 5 rings (SSSR count). The first kappa shape index (κ1) is 21.6. The summed E-state index contributed by atoms with van der Waals surface area (Å²) in [6, 6.07) is 11.4. The normalized spacial score (nSPS) is 15.7. The van der Waals surface area contributed by atoms with Crippen LogP contribution in [-0.2, 0) is 0 Å². The van der Waals surface area contributed by atoms with E-state index >= 15 is 0 Å². The highest BCUT2D eigenvalue weighted by Gasteiger charge is 2.29. The smallest absolute Gasteiger partial charge is 0.255 e. The molecule has 4 heterocycles. The topological polar surface area (TPSA) is 94.0 Å². The largest absolute Gasteiger partial charge is 0.437 e. The molecule has 1 amide bonds. The summed E-state index contributed by atoms with van der Waals surface area (Å²) in [7, 11) is 0. The van der Waals surface area contributed by atoms with E-state index in [-0.39, 0.29) is 11.8 Å². The lowest BCUT2D eigenvalue weighted by Crippen LogP contribution is -2.39. The maximum Gasteiger partial charge on any atom is 0.255 e. The van der Waals surface area contributed by atoms with Crippen LogP contribution in [0.2, 0.25) is 0 Å². The van der Waals surface area contributed by atoms with Crippen LogP contribution < -0.4 is 4.74 Å². The molecule has 1 aliphatic heterocycles. The second-order valence-corrected chi connectivity index (χ2v) is 8.26. The van der Waals surface area contributed by atoms with Gasteiger partial charge in [0, 0.05) is 55.6 Å². The molecule has 170 valence electrons. The van der Waals surface area contributed by atoms with E-state index in [2.05, 4.69) is 24.9 Å². The SMILES string of the molecule is Cc1ccccc1Oc1nccnc1[C@H]1CCCN(C(=O)c2ccc(-c3cncnc3)nc2)C1. The minimum Gasteiger partial charge on any atom is -0.437 e. The number of hydrogen-bond acceptors (Lipinski definition) is 7. The summed E-state index contributed by atoms with van der Waals surface area (Å²) >= 11 is 0. The first-order valence-corrected chi connectivity index (χ1v) is 11.2. The molecule has 34 heavy (non-hydrogen) atoms. The fourth-order valence-electron chi connectivity index (χ4n) is 4.16. The molecule has 0 spiro atoms. The van der Waals surface area contributed by atoms with E-state index in [1.165, 1.54) is 6.33 Å². The number of aryl methyl sites for hydroxylation is 1. The number of ether oxygens (including phenoxy) is 1. The molecule has 0 bridgehead atoms. The van der Waals surface area contributed by atoms with Crippen LogP contribution in [0.15, 0.2) is 73.7 Å². The number of hydrogen-bond donors (Lipinski definition) is 0. The molecule has 1 aliphatic rings. The summed E-state index contributed by atoms with van der Waals surface area (Å²) in [6.45, 7) is 3.24. The Hall–Kier alpha value is -4.20. The van der Waals surface area contributed by atoms with Crippen LogP contribution in [0.4, 0.5) is 0 Å². The maximum atomic E-state index is 13.2. The number of nitrogens with zero attached hydrogens (tertiary/aromatic N) is 6. The lowest BCUT2D eigenvalue weighted by Gasteiger charge is -2.32. The Morgan fingerprint density at radius 1 is 1.00 bits per heavy atom. The van der Waals surface area contributed by atoms with Gasteiger partial charge in [0.1, 0.15) is 17.8 Å². The van der Waals surface area contributed by atoms with E-state index in [1.54, 1.807) is 37.1 Å². The molecule has 0 N–H and O–H groups in total. The number of carbonyl (C=O) groups is 1. The van der Waals surface area contributed by atoms with Crippen molar-refractivity contribution in [3.63, 3.8) is 0 Å². The molecule has 0 aliphatic carbocycles. The van der Waals surface area contributed by atoms with Gasteiger partial charge < -0.3 is 9.64 Å². The Bertz CT molecular complexity index is 1280. The molecule has 4 aromatic rings. The molecule has 0 radical (unpaired) electrons. The van der Waals surface area contributed by atoms with Crippen molar-refractivity contribution in [2.45, 2.75) is 25.7 Å². The predicted octanol–water partition coefficient (Wildman–Crippen LogP) is 4.45. The summed E-state index contributed by atoms with van der Waals surface area (Å²) < 4.78 is 6.13. The number of piperidine rings is 1. The maximum absolute atomic E-state index is 13.2. The third-order valence-electron chi connectivity index (χ3n) is 5.95. The van der Waals surface area contributed by atoms with Crippen molar-refractivity contribution >= 4 is 5.91 Å². The molecule has 1 atom stereocenters. The van der Waals surface area contributed by atoms with E-state index in [4.69, 9.17) is 4.74 Å². The fourth-order valence-corrected chi connectivity index (χ4v) is 4.16. The van der Waals surface area contributed by atoms with Gasteiger partial charge in [-0.3, -0.25) is 14.8 Å². The molecule has 0 unspecified atom stereocenters. The first-order chi connectivity index (χ1) is 16.7. The Labute approximate surface area is 197 Å². The molecule has 8 nitrogen and oxygen atoms in total. The highest BCUT2D eigenvalue weighted by molar-refractivity contribution is 5.94. The third kappa shape index (κ3) is 4.61. The number of aromatic nitrogens is 5. The summed E-state index contributed by atoms with van der Waals surface area (Å²) in [4.78, 5) is 36.6. The summed E-state index contributed by atoms with van der Waals surface area (Å²) in [5, 5.41) is 0. The van der Waals surface area contributed by atoms with Crippen molar-refractivity contribution in [1.82, 2.24) is 29.8 Å². The van der Waals surface area contributed by atoms with Crippen LogP contribution in [0.25, 0.3) is 11.3 Å². The van der Waals surface area contributed by atoms with Crippen molar-refractivity contribution < 1.29 is 9.53 Å². The zero-order valence-electron chi connectivity index (χ0n) is 18.8. The summed E-state index contributed by atoms with van der Waals surface area (Å²) in [5.41, 5.74) is 3.89. The molecule has 1 aromatic carbocycles. The molecule has 1 saturated heterocycles. The zero-order chi connectivity index (χ0) is 23.3. The number of benzene rings is 1. The van der Waals surface area contributed by atoms with E-state index in [1.807, 2.05) is 42.2 Å². The Morgan fingerprint density at radius 2 is 1.82 bits per heavy atom. The monoisotopic (exact) mass is 452 g/mol. The van der Waals surface area contributed by atoms with Crippen molar-refractivity contribution in [3.8, 4) is 22.9 Å². The minimum absolute atomic E-state index is 0.0409.